The first-order valence-electron chi connectivity index (χ1n) is 7.92. The van der Waals surface area contributed by atoms with E-state index in [4.69, 9.17) is 15.3 Å². The van der Waals surface area contributed by atoms with Gasteiger partial charge in [-0.05, 0) is 55.3 Å². The predicted octanol–water partition coefficient (Wildman–Crippen LogP) is 3.50. The van der Waals surface area contributed by atoms with E-state index in [0.717, 1.165) is 16.8 Å². The summed E-state index contributed by atoms with van der Waals surface area (Å²) in [6.07, 6.45) is 0.239. The Bertz CT molecular complexity index is 847. The van der Waals surface area contributed by atoms with Crippen molar-refractivity contribution in [2.45, 2.75) is 20.3 Å². The summed E-state index contributed by atoms with van der Waals surface area (Å²) in [5.41, 5.74) is 3.44. The summed E-state index contributed by atoms with van der Waals surface area (Å²) in [6.45, 7) is 4.13. The number of nitriles is 2. The van der Waals surface area contributed by atoms with Gasteiger partial charge in [0.1, 0.15) is 5.75 Å². The highest BCUT2D eigenvalue weighted by Gasteiger charge is 2.17. The molecule has 0 aliphatic rings. The van der Waals surface area contributed by atoms with Crippen LogP contribution in [-0.4, -0.2) is 19.1 Å². The molecule has 0 heterocycles. The average Bonchev–Trinajstić information content (AvgIpc) is 2.63. The fourth-order valence-electron chi connectivity index (χ4n) is 2.33. The van der Waals surface area contributed by atoms with Crippen molar-refractivity contribution < 1.29 is 9.53 Å². The molecule has 0 fully saturated rings. The maximum Gasteiger partial charge on any atom is 0.264 e. The molecule has 2 aromatic rings. The Hall–Kier alpha value is -3.31. The highest BCUT2D eigenvalue weighted by molar-refractivity contribution is 5.94. The molecule has 0 bridgehead atoms. The largest absolute Gasteiger partial charge is 0.484 e. The minimum Gasteiger partial charge on any atom is -0.484 e. The van der Waals surface area contributed by atoms with Crippen molar-refractivity contribution in [1.29, 1.82) is 10.5 Å². The molecule has 0 aliphatic heterocycles. The van der Waals surface area contributed by atoms with E-state index < -0.39 is 0 Å². The molecule has 0 saturated heterocycles. The Morgan fingerprint density at radius 1 is 1.12 bits per heavy atom. The van der Waals surface area contributed by atoms with Gasteiger partial charge in [0.2, 0.25) is 0 Å². The second kappa shape index (κ2) is 8.52. The van der Waals surface area contributed by atoms with Crippen LogP contribution in [0.3, 0.4) is 0 Å². The van der Waals surface area contributed by atoms with Crippen LogP contribution in [0.15, 0.2) is 42.5 Å². The Kier molecular flexibility index (Phi) is 6.14. The summed E-state index contributed by atoms with van der Waals surface area (Å²) >= 11 is 0. The van der Waals surface area contributed by atoms with Crippen molar-refractivity contribution in [2.24, 2.45) is 0 Å². The van der Waals surface area contributed by atoms with Crippen LogP contribution in [0.5, 0.6) is 5.75 Å². The molecular weight excluding hydrogens is 314 g/mol. The first kappa shape index (κ1) is 18.0. The lowest BCUT2D eigenvalue weighted by Gasteiger charge is -2.22. The number of aryl methyl sites for hydroxylation is 2. The van der Waals surface area contributed by atoms with E-state index in [1.165, 1.54) is 0 Å². The Balaban J connectivity index is 2.13. The third-order valence-electron chi connectivity index (χ3n) is 3.88. The highest BCUT2D eigenvalue weighted by atomic mass is 16.5. The normalized spacial score (nSPS) is 9.76. The molecule has 0 unspecified atom stereocenters. The molecule has 2 rings (SSSR count). The maximum absolute atomic E-state index is 12.6. The molecule has 0 radical (unpaired) electrons. The maximum atomic E-state index is 12.6. The standard InChI is InChI=1S/C20H19N3O2/c1-15-7-8-18(11-16(15)2)23(10-4-9-21)20(24)14-25-19-6-3-5-17(12-19)13-22/h3,5-8,11-12H,4,10,14H2,1-2H3. The van der Waals surface area contributed by atoms with Crippen LogP contribution in [0.2, 0.25) is 0 Å². The molecule has 126 valence electrons. The number of hydrogen-bond acceptors (Lipinski definition) is 4. The van der Waals surface area contributed by atoms with Gasteiger partial charge in [-0.25, -0.2) is 0 Å². The lowest BCUT2D eigenvalue weighted by atomic mass is 10.1. The van der Waals surface area contributed by atoms with Crippen molar-refractivity contribution in [3.63, 3.8) is 0 Å². The quantitative estimate of drug-likeness (QED) is 0.810. The van der Waals surface area contributed by atoms with Gasteiger partial charge in [0.25, 0.3) is 5.91 Å². The average molecular weight is 333 g/mol. The van der Waals surface area contributed by atoms with Gasteiger partial charge < -0.3 is 9.64 Å². The third-order valence-corrected chi connectivity index (χ3v) is 3.88. The van der Waals surface area contributed by atoms with Crippen LogP contribution in [-0.2, 0) is 4.79 Å². The molecule has 0 N–H and O–H groups in total. The number of anilines is 1. The van der Waals surface area contributed by atoms with E-state index in [-0.39, 0.29) is 18.9 Å². The molecule has 0 spiro atoms. The minimum atomic E-state index is -0.235. The molecule has 0 atom stereocenters. The predicted molar refractivity (Wildman–Crippen MR) is 95.2 cm³/mol. The van der Waals surface area contributed by atoms with Crippen molar-refractivity contribution >= 4 is 11.6 Å². The van der Waals surface area contributed by atoms with Crippen molar-refractivity contribution in [1.82, 2.24) is 0 Å². The number of ether oxygens (including phenoxy) is 1. The number of benzene rings is 2. The van der Waals surface area contributed by atoms with E-state index in [0.29, 0.717) is 17.9 Å². The summed E-state index contributed by atoms with van der Waals surface area (Å²) < 4.78 is 5.52. The zero-order valence-electron chi connectivity index (χ0n) is 14.3. The Morgan fingerprint density at radius 3 is 2.60 bits per heavy atom. The zero-order chi connectivity index (χ0) is 18.2. The zero-order valence-corrected chi connectivity index (χ0v) is 14.3. The summed E-state index contributed by atoms with van der Waals surface area (Å²) in [5.74, 6) is 0.230. The van der Waals surface area contributed by atoms with Crippen LogP contribution < -0.4 is 9.64 Å². The van der Waals surface area contributed by atoms with Crippen LogP contribution in [0.4, 0.5) is 5.69 Å². The Labute approximate surface area is 147 Å². The molecule has 0 aromatic heterocycles. The van der Waals surface area contributed by atoms with Gasteiger partial charge in [0, 0.05) is 12.2 Å². The van der Waals surface area contributed by atoms with Gasteiger partial charge in [-0.1, -0.05) is 12.1 Å². The minimum absolute atomic E-state index is 0.159. The number of rotatable bonds is 6. The van der Waals surface area contributed by atoms with Crippen molar-refractivity contribution in [3.8, 4) is 17.9 Å². The van der Waals surface area contributed by atoms with Crippen LogP contribution in [0, 0.1) is 36.5 Å². The first-order chi connectivity index (χ1) is 12.0. The number of amides is 1. The van der Waals surface area contributed by atoms with Gasteiger partial charge in [-0.15, -0.1) is 0 Å². The summed E-state index contributed by atoms with van der Waals surface area (Å²) in [4.78, 5) is 14.2. The molecular formula is C20H19N3O2. The van der Waals surface area contributed by atoms with E-state index in [1.807, 2.05) is 38.1 Å². The number of nitrogens with zero attached hydrogens (tertiary/aromatic N) is 3. The van der Waals surface area contributed by atoms with Gasteiger partial charge in [-0.3, -0.25) is 4.79 Å². The second-order valence-electron chi connectivity index (χ2n) is 5.65. The van der Waals surface area contributed by atoms with Crippen LogP contribution in [0.25, 0.3) is 0 Å². The Morgan fingerprint density at radius 2 is 1.92 bits per heavy atom. The van der Waals surface area contributed by atoms with Gasteiger partial charge in [-0.2, -0.15) is 10.5 Å². The third kappa shape index (κ3) is 4.83. The summed E-state index contributed by atoms with van der Waals surface area (Å²) in [7, 11) is 0. The first-order valence-corrected chi connectivity index (χ1v) is 7.92. The second-order valence-corrected chi connectivity index (χ2v) is 5.65. The summed E-state index contributed by atoms with van der Waals surface area (Å²) in [6, 6.07) is 16.5. The van der Waals surface area contributed by atoms with Gasteiger partial charge in [0.05, 0.1) is 24.1 Å². The lowest BCUT2D eigenvalue weighted by molar-refractivity contribution is -0.120. The molecule has 5 nitrogen and oxygen atoms in total. The van der Waals surface area contributed by atoms with Crippen LogP contribution in [0.1, 0.15) is 23.1 Å². The van der Waals surface area contributed by atoms with Crippen molar-refractivity contribution in [2.75, 3.05) is 18.1 Å². The molecule has 0 aliphatic carbocycles. The monoisotopic (exact) mass is 333 g/mol. The number of hydrogen-bond donors (Lipinski definition) is 0. The fourth-order valence-corrected chi connectivity index (χ4v) is 2.33. The van der Waals surface area contributed by atoms with E-state index in [2.05, 4.69) is 6.07 Å². The molecule has 25 heavy (non-hydrogen) atoms. The highest BCUT2D eigenvalue weighted by Crippen LogP contribution is 2.20. The number of carbonyl (C=O) groups excluding carboxylic acids is 1. The molecule has 2 aromatic carbocycles. The fraction of sp³-hybridized carbons (Fsp3) is 0.250. The van der Waals surface area contributed by atoms with Gasteiger partial charge >= 0.3 is 0 Å². The molecule has 5 heteroatoms. The number of carbonyl (C=O) groups is 1. The summed E-state index contributed by atoms with van der Waals surface area (Å²) in [5, 5.41) is 17.8. The molecule has 1 amide bonds. The smallest absolute Gasteiger partial charge is 0.264 e. The van der Waals surface area contributed by atoms with E-state index in [1.54, 1.807) is 29.2 Å². The SMILES string of the molecule is Cc1ccc(N(CCC#N)C(=O)COc2cccc(C#N)c2)cc1C. The van der Waals surface area contributed by atoms with Crippen LogP contribution >= 0.6 is 0 Å². The lowest BCUT2D eigenvalue weighted by Crippen LogP contribution is -2.35. The van der Waals surface area contributed by atoms with E-state index in [9.17, 15) is 4.79 Å². The topological polar surface area (TPSA) is 77.1 Å². The van der Waals surface area contributed by atoms with Crippen molar-refractivity contribution in [3.05, 3.63) is 59.2 Å². The van der Waals surface area contributed by atoms with Gasteiger partial charge in [0.15, 0.2) is 6.61 Å². The van der Waals surface area contributed by atoms with E-state index >= 15 is 0 Å². The molecule has 0 saturated carbocycles.